The second-order valence-electron chi connectivity index (χ2n) is 5.26. The number of aryl methyl sites for hydroxylation is 1. The monoisotopic (exact) mass is 315 g/mol. The van der Waals surface area contributed by atoms with Crippen molar-refractivity contribution in [3.63, 3.8) is 0 Å². The highest BCUT2D eigenvalue weighted by molar-refractivity contribution is 5.97. The third-order valence-corrected chi connectivity index (χ3v) is 3.66. The second kappa shape index (κ2) is 6.69. The fourth-order valence-electron chi connectivity index (χ4n) is 2.53. The average Bonchev–Trinajstić information content (AvgIpc) is 3.20. The number of hydrogen-bond acceptors (Lipinski definition) is 5. The molecule has 120 valence electrons. The lowest BCUT2D eigenvalue weighted by atomic mass is 10.1. The number of furan rings is 1. The zero-order chi connectivity index (χ0) is 16.2. The fourth-order valence-corrected chi connectivity index (χ4v) is 2.53. The maximum Gasteiger partial charge on any atom is 0.279 e. The first-order valence-electron chi connectivity index (χ1n) is 7.45. The number of nitriles is 1. The maximum atomic E-state index is 12.4. The van der Waals surface area contributed by atoms with Crippen LogP contribution in [0.15, 0.2) is 28.9 Å². The van der Waals surface area contributed by atoms with Crippen molar-refractivity contribution in [1.82, 2.24) is 10.0 Å². The van der Waals surface area contributed by atoms with Gasteiger partial charge in [-0.2, -0.15) is 5.26 Å². The Bertz CT molecular complexity index is 721. The highest BCUT2D eigenvalue weighted by Gasteiger charge is 2.25. The van der Waals surface area contributed by atoms with Gasteiger partial charge in [-0.05, 0) is 31.9 Å². The van der Waals surface area contributed by atoms with Crippen LogP contribution in [-0.2, 0) is 9.57 Å². The Morgan fingerprint density at radius 2 is 2.22 bits per heavy atom. The van der Waals surface area contributed by atoms with Crippen LogP contribution in [-0.4, -0.2) is 23.4 Å². The molecule has 0 radical (unpaired) electrons. The first kappa shape index (κ1) is 15.3. The molecule has 0 saturated carbocycles. The molecule has 0 aromatic carbocycles. The molecule has 0 unspecified atom stereocenters. The second-order valence-corrected chi connectivity index (χ2v) is 5.26. The van der Waals surface area contributed by atoms with E-state index in [0.717, 1.165) is 19.3 Å². The van der Waals surface area contributed by atoms with Crippen LogP contribution < -0.4 is 5.48 Å². The number of carbonyl (C=O) groups is 1. The van der Waals surface area contributed by atoms with Gasteiger partial charge in [-0.15, -0.1) is 0 Å². The molecule has 1 aliphatic heterocycles. The largest absolute Gasteiger partial charge is 0.443 e. The van der Waals surface area contributed by atoms with E-state index < -0.39 is 12.2 Å². The average molecular weight is 315 g/mol. The molecule has 3 rings (SSSR count). The molecule has 1 amide bonds. The lowest BCUT2D eigenvalue weighted by Gasteiger charge is -2.22. The van der Waals surface area contributed by atoms with Crippen molar-refractivity contribution in [3.05, 3.63) is 41.4 Å². The highest BCUT2D eigenvalue weighted by atomic mass is 16.8. The molecule has 7 nitrogen and oxygen atoms in total. The molecule has 1 N–H and O–H groups in total. The summed E-state index contributed by atoms with van der Waals surface area (Å²) < 4.78 is 12.6. The van der Waals surface area contributed by atoms with Gasteiger partial charge in [-0.25, -0.2) is 10.3 Å². The van der Waals surface area contributed by atoms with Gasteiger partial charge >= 0.3 is 0 Å². The number of amides is 1. The van der Waals surface area contributed by atoms with E-state index in [1.807, 2.05) is 18.2 Å². The smallest absolute Gasteiger partial charge is 0.279 e. The van der Waals surface area contributed by atoms with Gasteiger partial charge in [-0.1, -0.05) is 0 Å². The van der Waals surface area contributed by atoms with Crippen LogP contribution in [0, 0.1) is 18.3 Å². The van der Waals surface area contributed by atoms with Crippen LogP contribution >= 0.6 is 0 Å². The van der Waals surface area contributed by atoms with E-state index in [9.17, 15) is 10.1 Å². The zero-order valence-corrected chi connectivity index (χ0v) is 12.7. The molecule has 1 aliphatic rings. The number of rotatable bonds is 4. The van der Waals surface area contributed by atoms with E-state index in [1.54, 1.807) is 23.9 Å². The van der Waals surface area contributed by atoms with Crippen LogP contribution in [0.25, 0.3) is 5.88 Å². The molecular formula is C16H17N3O4. The molecular weight excluding hydrogens is 298 g/mol. The van der Waals surface area contributed by atoms with E-state index in [4.69, 9.17) is 14.0 Å². The molecule has 0 aliphatic carbocycles. The normalized spacial score (nSPS) is 17.7. The Kier molecular flexibility index (Phi) is 4.46. The number of hydroxylamine groups is 1. The summed E-state index contributed by atoms with van der Waals surface area (Å²) in [4.78, 5) is 17.6. The van der Waals surface area contributed by atoms with Crippen LogP contribution in [0.2, 0.25) is 0 Å². The van der Waals surface area contributed by atoms with Crippen molar-refractivity contribution in [3.8, 4) is 12.0 Å². The minimum atomic E-state index is -0.518. The molecule has 2 aromatic rings. The summed E-state index contributed by atoms with van der Waals surface area (Å²) >= 11 is 0. The number of nitrogens with one attached hydrogen (secondary N) is 1. The molecule has 1 saturated heterocycles. The molecule has 1 atom stereocenters. The molecule has 23 heavy (non-hydrogen) atoms. The Labute approximate surface area is 133 Å². The summed E-state index contributed by atoms with van der Waals surface area (Å²) in [7, 11) is 0. The predicted molar refractivity (Wildman–Crippen MR) is 79.6 cm³/mol. The molecule has 0 spiro atoms. The first-order valence-corrected chi connectivity index (χ1v) is 7.45. The fraction of sp³-hybridized carbons (Fsp3) is 0.375. The van der Waals surface area contributed by atoms with Gasteiger partial charge in [0, 0.05) is 25.4 Å². The van der Waals surface area contributed by atoms with E-state index in [0.29, 0.717) is 18.3 Å². The van der Waals surface area contributed by atoms with Crippen molar-refractivity contribution in [2.75, 3.05) is 6.61 Å². The summed E-state index contributed by atoms with van der Waals surface area (Å²) in [6.45, 7) is 2.26. The highest BCUT2D eigenvalue weighted by Crippen LogP contribution is 2.25. The van der Waals surface area contributed by atoms with Gasteiger partial charge in [0.05, 0.1) is 0 Å². The Hall–Kier alpha value is -2.56. The number of ether oxygens (including phenoxy) is 1. The number of hydrogen-bond donors (Lipinski definition) is 1. The molecule has 3 heterocycles. The van der Waals surface area contributed by atoms with Crippen molar-refractivity contribution >= 4 is 5.91 Å². The lowest BCUT2D eigenvalue weighted by molar-refractivity contribution is -0.186. The van der Waals surface area contributed by atoms with Crippen LogP contribution in [0.5, 0.6) is 0 Å². The Morgan fingerprint density at radius 1 is 1.43 bits per heavy atom. The number of aromatic nitrogens is 1. The molecule has 7 heteroatoms. The summed E-state index contributed by atoms with van der Waals surface area (Å²) in [6.07, 6.45) is 5.75. The van der Waals surface area contributed by atoms with Gasteiger partial charge in [-0.3, -0.25) is 9.36 Å². The standard InChI is InChI=1S/C16H17N3O4/c1-11-14(15(20)18-23-13-6-2-5-9-21-13)12(10-17)16(22-11)19-7-3-4-8-19/h3-4,7-8,13H,2,5-6,9H2,1H3,(H,18,20)/t13-/m1/s1. The summed E-state index contributed by atoms with van der Waals surface area (Å²) in [5.74, 6) is 0.153. The third kappa shape index (κ3) is 3.13. The molecule has 2 aromatic heterocycles. The summed E-state index contributed by atoms with van der Waals surface area (Å²) in [5.41, 5.74) is 2.70. The van der Waals surface area contributed by atoms with Crippen molar-refractivity contribution in [2.24, 2.45) is 0 Å². The maximum absolute atomic E-state index is 12.4. The Morgan fingerprint density at radius 3 is 2.87 bits per heavy atom. The van der Waals surface area contributed by atoms with Gasteiger partial charge < -0.3 is 9.15 Å². The topological polar surface area (TPSA) is 89.4 Å². The van der Waals surface area contributed by atoms with Gasteiger partial charge in [0.15, 0.2) is 6.29 Å². The Balaban J connectivity index is 1.79. The van der Waals surface area contributed by atoms with Gasteiger partial charge in [0.2, 0.25) is 5.88 Å². The van der Waals surface area contributed by atoms with E-state index in [1.165, 1.54) is 0 Å². The predicted octanol–water partition coefficient (Wildman–Crippen LogP) is 2.44. The van der Waals surface area contributed by atoms with Crippen molar-refractivity contribution in [2.45, 2.75) is 32.5 Å². The lowest BCUT2D eigenvalue weighted by Crippen LogP contribution is -2.33. The summed E-state index contributed by atoms with van der Waals surface area (Å²) in [6, 6.07) is 5.65. The third-order valence-electron chi connectivity index (χ3n) is 3.66. The van der Waals surface area contributed by atoms with Crippen molar-refractivity contribution < 1.29 is 18.8 Å². The summed E-state index contributed by atoms with van der Waals surface area (Å²) in [5, 5.41) is 9.41. The van der Waals surface area contributed by atoms with Gasteiger partial charge in [0.1, 0.15) is 23.0 Å². The minimum absolute atomic E-state index is 0.171. The van der Waals surface area contributed by atoms with E-state index in [-0.39, 0.29) is 11.1 Å². The SMILES string of the molecule is Cc1oc(-n2cccc2)c(C#N)c1C(=O)NO[C@@H]1CCCCO1. The number of carbonyl (C=O) groups excluding carboxylic acids is 1. The van der Waals surface area contributed by atoms with E-state index in [2.05, 4.69) is 5.48 Å². The van der Waals surface area contributed by atoms with Crippen LogP contribution in [0.1, 0.15) is 40.9 Å². The molecule has 1 fully saturated rings. The minimum Gasteiger partial charge on any atom is -0.443 e. The number of nitrogens with zero attached hydrogens (tertiary/aromatic N) is 2. The van der Waals surface area contributed by atoms with Crippen molar-refractivity contribution in [1.29, 1.82) is 5.26 Å². The first-order chi connectivity index (χ1) is 11.2. The zero-order valence-electron chi connectivity index (χ0n) is 12.7. The van der Waals surface area contributed by atoms with Gasteiger partial charge in [0.25, 0.3) is 5.91 Å². The van der Waals surface area contributed by atoms with E-state index >= 15 is 0 Å². The van der Waals surface area contributed by atoms with Crippen LogP contribution in [0.4, 0.5) is 0 Å². The molecule has 0 bridgehead atoms. The quantitative estimate of drug-likeness (QED) is 0.875. The van der Waals surface area contributed by atoms with Crippen LogP contribution in [0.3, 0.4) is 0 Å².